The molecule has 0 saturated heterocycles. The van der Waals surface area contributed by atoms with E-state index in [1.807, 2.05) is 54.6 Å². The molecule has 4 rings (SSSR count). The molecule has 0 unspecified atom stereocenters. The Morgan fingerprint density at radius 1 is 1.06 bits per heavy atom. The maximum absolute atomic E-state index is 12.4. The Labute approximate surface area is 202 Å². The summed E-state index contributed by atoms with van der Waals surface area (Å²) >= 11 is 0. The number of methoxy groups -OCH3 is 1. The molecule has 35 heavy (non-hydrogen) atoms. The lowest BCUT2D eigenvalue weighted by atomic mass is 10.1. The summed E-state index contributed by atoms with van der Waals surface area (Å²) in [6.07, 6.45) is 2.36. The standard InChI is InChI=1S/C27H23N5O3/c1-34-24-16-20(12-13-23(24)35-15-14-19-8-4-2-5-9-19)18-29-32-27-30-25(21-10-6-3-7-11-21)22(17-28)26(33)31-27/h2-13,16,18H,14-15H2,1H3,(H2,30,31,32,33). The molecular weight excluding hydrogens is 442 g/mol. The lowest BCUT2D eigenvalue weighted by Gasteiger charge is -2.11. The van der Waals surface area contributed by atoms with E-state index in [4.69, 9.17) is 9.47 Å². The predicted molar refractivity (Wildman–Crippen MR) is 135 cm³/mol. The molecule has 2 N–H and O–H groups in total. The lowest BCUT2D eigenvalue weighted by Crippen LogP contribution is -2.16. The van der Waals surface area contributed by atoms with E-state index in [1.54, 1.807) is 31.5 Å². The number of benzene rings is 3. The molecule has 1 heterocycles. The molecule has 0 fully saturated rings. The predicted octanol–water partition coefficient (Wildman–Crippen LogP) is 4.38. The summed E-state index contributed by atoms with van der Waals surface area (Å²) in [6, 6.07) is 26.5. The molecular formula is C27H23N5O3. The first-order valence-corrected chi connectivity index (χ1v) is 10.9. The third-order valence-electron chi connectivity index (χ3n) is 5.14. The van der Waals surface area contributed by atoms with E-state index >= 15 is 0 Å². The maximum Gasteiger partial charge on any atom is 0.270 e. The van der Waals surface area contributed by atoms with Crippen LogP contribution in [0.15, 0.2) is 88.8 Å². The van der Waals surface area contributed by atoms with Gasteiger partial charge in [-0.25, -0.2) is 10.4 Å². The number of aromatic nitrogens is 2. The number of hydrazone groups is 1. The normalized spacial score (nSPS) is 10.6. The number of nitrogens with one attached hydrogen (secondary N) is 2. The van der Waals surface area contributed by atoms with Crippen LogP contribution in [0.5, 0.6) is 11.5 Å². The fourth-order valence-corrected chi connectivity index (χ4v) is 3.41. The van der Waals surface area contributed by atoms with Crippen molar-refractivity contribution in [3.05, 3.63) is 106 Å². The number of aromatic amines is 1. The lowest BCUT2D eigenvalue weighted by molar-refractivity contribution is 0.297. The van der Waals surface area contributed by atoms with E-state index in [9.17, 15) is 10.1 Å². The van der Waals surface area contributed by atoms with Gasteiger partial charge >= 0.3 is 0 Å². The van der Waals surface area contributed by atoms with Gasteiger partial charge in [0, 0.05) is 12.0 Å². The van der Waals surface area contributed by atoms with Crippen LogP contribution >= 0.6 is 0 Å². The molecule has 0 saturated carbocycles. The fourth-order valence-electron chi connectivity index (χ4n) is 3.41. The first-order chi connectivity index (χ1) is 17.2. The van der Waals surface area contributed by atoms with Crippen LogP contribution in [0.25, 0.3) is 11.3 Å². The monoisotopic (exact) mass is 465 g/mol. The first kappa shape index (κ1) is 23.3. The molecule has 3 aromatic carbocycles. The summed E-state index contributed by atoms with van der Waals surface area (Å²) in [5.74, 6) is 1.34. The minimum absolute atomic E-state index is 0.0571. The van der Waals surface area contributed by atoms with Gasteiger partial charge in [-0.3, -0.25) is 9.78 Å². The van der Waals surface area contributed by atoms with Crippen LogP contribution in [-0.4, -0.2) is 29.9 Å². The van der Waals surface area contributed by atoms with Crippen LogP contribution in [0, 0.1) is 11.3 Å². The van der Waals surface area contributed by atoms with Crippen molar-refractivity contribution < 1.29 is 9.47 Å². The Kier molecular flexibility index (Phi) is 7.51. The second-order valence-corrected chi connectivity index (χ2v) is 7.48. The highest BCUT2D eigenvalue weighted by molar-refractivity contribution is 5.81. The van der Waals surface area contributed by atoms with Crippen molar-refractivity contribution in [2.24, 2.45) is 5.10 Å². The summed E-state index contributed by atoms with van der Waals surface area (Å²) < 4.78 is 11.4. The molecule has 8 heteroatoms. The van der Waals surface area contributed by atoms with E-state index in [-0.39, 0.29) is 17.2 Å². The summed E-state index contributed by atoms with van der Waals surface area (Å²) in [5.41, 5.74) is 5.02. The smallest absolute Gasteiger partial charge is 0.270 e. The van der Waals surface area contributed by atoms with Crippen LogP contribution in [-0.2, 0) is 6.42 Å². The van der Waals surface area contributed by atoms with Crippen LogP contribution < -0.4 is 20.5 Å². The van der Waals surface area contributed by atoms with Crippen molar-refractivity contribution in [3.63, 3.8) is 0 Å². The summed E-state index contributed by atoms with van der Waals surface area (Å²) in [7, 11) is 1.58. The van der Waals surface area contributed by atoms with E-state index < -0.39 is 5.56 Å². The van der Waals surface area contributed by atoms with E-state index in [0.29, 0.717) is 23.7 Å². The van der Waals surface area contributed by atoms with Gasteiger partial charge in [0.25, 0.3) is 5.56 Å². The van der Waals surface area contributed by atoms with Crippen molar-refractivity contribution >= 4 is 12.2 Å². The molecule has 0 aliphatic heterocycles. The maximum atomic E-state index is 12.4. The van der Waals surface area contributed by atoms with Crippen molar-refractivity contribution in [3.8, 4) is 28.8 Å². The second-order valence-electron chi connectivity index (χ2n) is 7.48. The number of nitrogens with zero attached hydrogens (tertiary/aromatic N) is 3. The zero-order valence-electron chi connectivity index (χ0n) is 19.1. The second kappa shape index (κ2) is 11.3. The molecule has 0 atom stereocenters. The van der Waals surface area contributed by atoms with Gasteiger partial charge < -0.3 is 9.47 Å². The van der Waals surface area contributed by atoms with Crippen LogP contribution in [0.1, 0.15) is 16.7 Å². The van der Waals surface area contributed by atoms with Gasteiger partial charge in [-0.2, -0.15) is 10.4 Å². The van der Waals surface area contributed by atoms with Gasteiger partial charge in [-0.05, 0) is 29.3 Å². The van der Waals surface area contributed by atoms with Crippen molar-refractivity contribution in [1.82, 2.24) is 9.97 Å². The summed E-state index contributed by atoms with van der Waals surface area (Å²) in [5, 5.41) is 13.5. The zero-order valence-corrected chi connectivity index (χ0v) is 19.1. The van der Waals surface area contributed by atoms with Gasteiger partial charge in [-0.15, -0.1) is 0 Å². The summed E-state index contributed by atoms with van der Waals surface area (Å²) in [4.78, 5) is 19.3. The average Bonchev–Trinajstić information content (AvgIpc) is 2.90. The van der Waals surface area contributed by atoms with Crippen LogP contribution in [0.2, 0.25) is 0 Å². The number of H-pyrrole nitrogens is 1. The molecule has 0 radical (unpaired) electrons. The molecule has 0 amide bonds. The highest BCUT2D eigenvalue weighted by Gasteiger charge is 2.13. The molecule has 0 aliphatic carbocycles. The van der Waals surface area contributed by atoms with Crippen LogP contribution in [0.3, 0.4) is 0 Å². The number of rotatable bonds is 9. The molecule has 1 aromatic heterocycles. The minimum Gasteiger partial charge on any atom is -0.493 e. The Bertz CT molecular complexity index is 1410. The third-order valence-corrected chi connectivity index (χ3v) is 5.14. The molecule has 0 aliphatic rings. The van der Waals surface area contributed by atoms with Gasteiger partial charge in [0.05, 0.1) is 25.6 Å². The van der Waals surface area contributed by atoms with E-state index in [0.717, 1.165) is 12.0 Å². The number of nitriles is 1. The average molecular weight is 466 g/mol. The minimum atomic E-state index is -0.544. The van der Waals surface area contributed by atoms with Crippen molar-refractivity contribution in [2.75, 3.05) is 19.1 Å². The van der Waals surface area contributed by atoms with Gasteiger partial charge in [0.1, 0.15) is 11.6 Å². The quantitative estimate of drug-likeness (QED) is 0.280. The van der Waals surface area contributed by atoms with Gasteiger partial charge in [-0.1, -0.05) is 60.7 Å². The third kappa shape index (κ3) is 5.92. The number of hydrogen-bond donors (Lipinski definition) is 2. The largest absolute Gasteiger partial charge is 0.493 e. The Morgan fingerprint density at radius 2 is 1.80 bits per heavy atom. The SMILES string of the molecule is COc1cc(C=NNc2nc(-c3ccccc3)c(C#N)c(=O)[nH]2)ccc1OCCc1ccccc1. The molecule has 4 aromatic rings. The molecule has 0 bridgehead atoms. The number of hydrogen-bond acceptors (Lipinski definition) is 7. The summed E-state index contributed by atoms with van der Waals surface area (Å²) in [6.45, 7) is 0.525. The van der Waals surface area contributed by atoms with Crippen molar-refractivity contribution in [2.45, 2.75) is 6.42 Å². The van der Waals surface area contributed by atoms with E-state index in [2.05, 4.69) is 32.6 Å². The van der Waals surface area contributed by atoms with Crippen LogP contribution in [0.4, 0.5) is 5.95 Å². The Morgan fingerprint density at radius 3 is 2.51 bits per heavy atom. The van der Waals surface area contributed by atoms with E-state index in [1.165, 1.54) is 5.56 Å². The zero-order chi connectivity index (χ0) is 24.5. The Balaban J connectivity index is 1.45. The number of ether oxygens (including phenoxy) is 2. The van der Waals surface area contributed by atoms with Gasteiger partial charge in [0.15, 0.2) is 11.5 Å². The molecule has 174 valence electrons. The fraction of sp³-hybridized carbons (Fsp3) is 0.111. The number of anilines is 1. The van der Waals surface area contributed by atoms with Crippen molar-refractivity contribution in [1.29, 1.82) is 5.26 Å². The molecule has 8 nitrogen and oxygen atoms in total. The highest BCUT2D eigenvalue weighted by Crippen LogP contribution is 2.28. The Hall–Kier alpha value is -4.90. The topological polar surface area (TPSA) is 112 Å². The molecule has 0 spiro atoms. The van der Waals surface area contributed by atoms with Gasteiger partial charge in [0.2, 0.25) is 5.95 Å². The highest BCUT2D eigenvalue weighted by atomic mass is 16.5. The first-order valence-electron chi connectivity index (χ1n) is 10.9.